The van der Waals surface area contributed by atoms with Crippen LogP contribution in [0.5, 0.6) is 0 Å². The van der Waals surface area contributed by atoms with Crippen molar-refractivity contribution in [1.29, 1.82) is 0 Å². The summed E-state index contributed by atoms with van der Waals surface area (Å²) in [5.74, 6) is 0. The Bertz CT molecular complexity index is 510. The fraction of sp³-hybridized carbons (Fsp3) is 0.400. The highest BCUT2D eigenvalue weighted by molar-refractivity contribution is 7.07. The second kappa shape index (κ2) is 6.28. The van der Waals surface area contributed by atoms with Gasteiger partial charge >= 0.3 is 0 Å². The predicted octanol–water partition coefficient (Wildman–Crippen LogP) is 1.99. The highest BCUT2D eigenvalue weighted by Crippen LogP contribution is 2.15. The quantitative estimate of drug-likeness (QED) is 0.818. The van der Waals surface area contributed by atoms with Gasteiger partial charge < -0.3 is 10.6 Å². The molecule has 3 nitrogen and oxygen atoms in total. The number of hydrogen-bond acceptors (Lipinski definition) is 4. The number of benzene rings is 1. The largest absolute Gasteiger partial charge is 0.315 e. The van der Waals surface area contributed by atoms with Crippen molar-refractivity contribution in [3.8, 4) is 0 Å². The van der Waals surface area contributed by atoms with Crippen LogP contribution < -0.4 is 10.6 Å². The van der Waals surface area contributed by atoms with E-state index in [0.29, 0.717) is 6.04 Å². The number of nitrogens with one attached hydrogen (secondary N) is 2. The van der Waals surface area contributed by atoms with Crippen LogP contribution in [0.4, 0.5) is 0 Å². The van der Waals surface area contributed by atoms with Crippen LogP contribution in [0.25, 0.3) is 0 Å². The third kappa shape index (κ3) is 3.41. The van der Waals surface area contributed by atoms with Crippen molar-refractivity contribution in [2.45, 2.75) is 25.4 Å². The highest BCUT2D eigenvalue weighted by Gasteiger charge is 2.16. The van der Waals surface area contributed by atoms with Gasteiger partial charge in [-0.2, -0.15) is 0 Å². The number of hydrogen-bond donors (Lipinski definition) is 2. The van der Waals surface area contributed by atoms with Crippen molar-refractivity contribution in [3.05, 3.63) is 52.0 Å². The Hall–Kier alpha value is -1.23. The lowest BCUT2D eigenvalue weighted by atomic mass is 9.96. The average Bonchev–Trinajstić information content (AvgIpc) is 2.97. The maximum Gasteiger partial charge on any atom is 0.0794 e. The summed E-state index contributed by atoms with van der Waals surface area (Å²) in [5, 5.41) is 9.24. The Morgan fingerprint density at radius 3 is 3.05 bits per heavy atom. The molecule has 0 saturated heterocycles. The Labute approximate surface area is 118 Å². The summed E-state index contributed by atoms with van der Waals surface area (Å²) >= 11 is 1.67. The number of rotatable bonds is 5. The first-order chi connectivity index (χ1) is 9.42. The van der Waals surface area contributed by atoms with Crippen LogP contribution in [0.2, 0.25) is 0 Å². The van der Waals surface area contributed by atoms with Gasteiger partial charge in [0.15, 0.2) is 0 Å². The number of aromatic nitrogens is 1. The summed E-state index contributed by atoms with van der Waals surface area (Å²) < 4.78 is 0. The average molecular weight is 273 g/mol. The molecule has 0 aliphatic carbocycles. The molecule has 2 N–H and O–H groups in total. The molecule has 100 valence electrons. The first-order valence-corrected chi connectivity index (χ1v) is 7.74. The molecule has 1 aromatic heterocycles. The molecule has 0 fully saturated rings. The Morgan fingerprint density at radius 2 is 2.21 bits per heavy atom. The van der Waals surface area contributed by atoms with E-state index in [2.05, 4.69) is 45.3 Å². The maximum atomic E-state index is 4.29. The van der Waals surface area contributed by atoms with Gasteiger partial charge in [-0.15, -0.1) is 11.3 Å². The van der Waals surface area contributed by atoms with E-state index in [1.54, 1.807) is 11.3 Å². The molecule has 2 heterocycles. The molecular formula is C15H19N3S. The molecule has 1 atom stereocenters. The van der Waals surface area contributed by atoms with E-state index in [-0.39, 0.29) is 0 Å². The fourth-order valence-corrected chi connectivity index (χ4v) is 3.11. The zero-order valence-electron chi connectivity index (χ0n) is 10.9. The van der Waals surface area contributed by atoms with Crippen LogP contribution in [-0.2, 0) is 19.4 Å². The van der Waals surface area contributed by atoms with E-state index in [4.69, 9.17) is 0 Å². The van der Waals surface area contributed by atoms with Crippen LogP contribution in [0.1, 0.15) is 16.8 Å². The van der Waals surface area contributed by atoms with Crippen LogP contribution in [0.15, 0.2) is 35.2 Å². The van der Waals surface area contributed by atoms with Crippen molar-refractivity contribution >= 4 is 11.3 Å². The first kappa shape index (κ1) is 12.8. The van der Waals surface area contributed by atoms with E-state index >= 15 is 0 Å². The molecule has 0 bridgehead atoms. The van der Waals surface area contributed by atoms with Gasteiger partial charge in [-0.25, -0.2) is 4.98 Å². The monoisotopic (exact) mass is 273 g/mol. The summed E-state index contributed by atoms with van der Waals surface area (Å²) in [7, 11) is 0. The van der Waals surface area contributed by atoms with Crippen molar-refractivity contribution in [1.82, 2.24) is 15.6 Å². The summed E-state index contributed by atoms with van der Waals surface area (Å²) in [5.41, 5.74) is 6.03. The lowest BCUT2D eigenvalue weighted by Crippen LogP contribution is -2.43. The third-order valence-corrected chi connectivity index (χ3v) is 4.23. The molecule has 3 rings (SSSR count). The molecule has 1 aliphatic rings. The summed E-state index contributed by atoms with van der Waals surface area (Å²) in [6.45, 7) is 3.02. The molecule has 0 saturated carbocycles. The van der Waals surface area contributed by atoms with Gasteiger partial charge in [0, 0.05) is 37.5 Å². The Kier molecular flexibility index (Phi) is 4.23. The van der Waals surface area contributed by atoms with Crippen molar-refractivity contribution in [2.75, 3.05) is 13.1 Å². The lowest BCUT2D eigenvalue weighted by molar-refractivity contribution is 0.449. The number of nitrogens with zero attached hydrogens (tertiary/aromatic N) is 1. The first-order valence-electron chi connectivity index (χ1n) is 6.80. The number of thiazole rings is 1. The smallest absolute Gasteiger partial charge is 0.0794 e. The molecule has 2 aromatic rings. The molecule has 1 unspecified atom stereocenters. The molecular weight excluding hydrogens is 254 g/mol. The number of fused-ring (bicyclic) bond motifs is 1. The molecule has 1 aromatic carbocycles. The van der Waals surface area contributed by atoms with Gasteiger partial charge in [0.2, 0.25) is 0 Å². The van der Waals surface area contributed by atoms with E-state index in [9.17, 15) is 0 Å². The van der Waals surface area contributed by atoms with Crippen LogP contribution in [-0.4, -0.2) is 24.1 Å². The van der Waals surface area contributed by atoms with E-state index in [1.807, 2.05) is 5.51 Å². The third-order valence-electron chi connectivity index (χ3n) is 3.60. The minimum Gasteiger partial charge on any atom is -0.315 e. The highest BCUT2D eigenvalue weighted by atomic mass is 32.1. The van der Waals surface area contributed by atoms with Gasteiger partial charge in [0.05, 0.1) is 11.2 Å². The Morgan fingerprint density at radius 1 is 1.32 bits per heavy atom. The maximum absolute atomic E-state index is 4.29. The Balaban J connectivity index is 1.42. The van der Waals surface area contributed by atoms with E-state index in [0.717, 1.165) is 32.5 Å². The van der Waals surface area contributed by atoms with E-state index < -0.39 is 0 Å². The summed E-state index contributed by atoms with van der Waals surface area (Å²) in [6, 6.07) is 9.27. The molecule has 4 heteroatoms. The molecule has 0 amide bonds. The molecule has 19 heavy (non-hydrogen) atoms. The van der Waals surface area contributed by atoms with Gasteiger partial charge in [-0.05, 0) is 17.5 Å². The lowest BCUT2D eigenvalue weighted by Gasteiger charge is -2.26. The van der Waals surface area contributed by atoms with Crippen LogP contribution in [0.3, 0.4) is 0 Å². The zero-order valence-corrected chi connectivity index (χ0v) is 11.7. The zero-order chi connectivity index (χ0) is 12.9. The van der Waals surface area contributed by atoms with Crippen LogP contribution >= 0.6 is 11.3 Å². The molecule has 0 radical (unpaired) electrons. The second-order valence-electron chi connectivity index (χ2n) is 4.98. The van der Waals surface area contributed by atoms with Crippen molar-refractivity contribution in [2.24, 2.45) is 0 Å². The second-order valence-corrected chi connectivity index (χ2v) is 5.70. The normalized spacial score (nSPS) is 18.2. The summed E-state index contributed by atoms with van der Waals surface area (Å²) in [6.07, 6.45) is 2.15. The van der Waals surface area contributed by atoms with Gasteiger partial charge in [0.1, 0.15) is 0 Å². The fourth-order valence-electron chi connectivity index (χ4n) is 2.52. The van der Waals surface area contributed by atoms with Crippen molar-refractivity contribution in [3.63, 3.8) is 0 Å². The van der Waals surface area contributed by atoms with Gasteiger partial charge in [-0.3, -0.25) is 0 Å². The van der Waals surface area contributed by atoms with Gasteiger partial charge in [-0.1, -0.05) is 24.3 Å². The van der Waals surface area contributed by atoms with Crippen LogP contribution in [0, 0.1) is 0 Å². The minimum atomic E-state index is 0.547. The van der Waals surface area contributed by atoms with Gasteiger partial charge in [0.25, 0.3) is 0 Å². The van der Waals surface area contributed by atoms with Crippen molar-refractivity contribution < 1.29 is 0 Å². The summed E-state index contributed by atoms with van der Waals surface area (Å²) in [4.78, 5) is 4.29. The molecule has 1 aliphatic heterocycles. The molecule has 0 spiro atoms. The SMILES string of the molecule is c1ccc2c(c1)CNC(CNCCc1cscn1)C2. The topological polar surface area (TPSA) is 37.0 Å². The standard InChI is InChI=1S/C15H19N3S/c1-2-4-13-8-17-15(7-12(13)3-1)9-16-6-5-14-10-19-11-18-14/h1-4,10-11,15-17H,5-9H2. The minimum absolute atomic E-state index is 0.547. The predicted molar refractivity (Wildman–Crippen MR) is 79.5 cm³/mol. The van der Waals surface area contributed by atoms with E-state index in [1.165, 1.54) is 16.8 Å².